The zero-order valence-electron chi connectivity index (χ0n) is 8.12. The quantitative estimate of drug-likeness (QED) is 0.801. The lowest BCUT2D eigenvalue weighted by molar-refractivity contribution is -0.206. The maximum Gasteiger partial charge on any atom is 0.418 e. The van der Waals surface area contributed by atoms with Crippen LogP contribution >= 0.6 is 0 Å². The Kier molecular flexibility index (Phi) is 3.36. The van der Waals surface area contributed by atoms with E-state index < -0.39 is 12.3 Å². The van der Waals surface area contributed by atoms with Crippen molar-refractivity contribution in [3.63, 3.8) is 0 Å². The third kappa shape index (κ3) is 2.94. The van der Waals surface area contributed by atoms with Crippen molar-refractivity contribution < 1.29 is 18.3 Å². The van der Waals surface area contributed by atoms with Crippen molar-refractivity contribution in [2.24, 2.45) is 5.73 Å². The first-order valence-corrected chi connectivity index (χ1v) is 4.42. The van der Waals surface area contributed by atoms with E-state index in [1.165, 1.54) is 18.2 Å². The van der Waals surface area contributed by atoms with Crippen molar-refractivity contribution in [1.82, 2.24) is 0 Å². The summed E-state index contributed by atoms with van der Waals surface area (Å²) in [4.78, 5) is 0. The lowest BCUT2D eigenvalue weighted by atomic mass is 10.0. The molecule has 1 rings (SSSR count). The van der Waals surface area contributed by atoms with Crippen LogP contribution in [-0.2, 0) is 0 Å². The molecule has 2 nitrogen and oxygen atoms in total. The molecule has 0 radical (unpaired) electrons. The fourth-order valence-corrected chi connectivity index (χ4v) is 1.20. The second-order valence-corrected chi connectivity index (χ2v) is 3.40. The number of alkyl halides is 3. The fraction of sp³-hybridized carbons (Fsp3) is 0.400. The van der Waals surface area contributed by atoms with E-state index in [0.29, 0.717) is 5.56 Å². The van der Waals surface area contributed by atoms with Gasteiger partial charge in [0.25, 0.3) is 0 Å². The van der Waals surface area contributed by atoms with Gasteiger partial charge in [-0.1, -0.05) is 24.3 Å². The Bertz CT molecular complexity index is 336. The van der Waals surface area contributed by atoms with E-state index >= 15 is 0 Å². The summed E-state index contributed by atoms with van der Waals surface area (Å²) in [5, 5.41) is 9.00. The van der Waals surface area contributed by atoms with Crippen molar-refractivity contribution >= 4 is 0 Å². The monoisotopic (exact) mass is 219 g/mol. The summed E-state index contributed by atoms with van der Waals surface area (Å²) in [6.07, 6.45) is -7.09. The molecular formula is C10H12F3NO. The van der Waals surface area contributed by atoms with Crippen molar-refractivity contribution in [1.29, 1.82) is 0 Å². The van der Waals surface area contributed by atoms with Gasteiger partial charge in [0, 0.05) is 6.04 Å². The van der Waals surface area contributed by atoms with E-state index in [1.807, 2.05) is 0 Å². The van der Waals surface area contributed by atoms with E-state index in [-0.39, 0.29) is 11.6 Å². The summed E-state index contributed by atoms with van der Waals surface area (Å²) in [6.45, 7) is 1.67. The summed E-state index contributed by atoms with van der Waals surface area (Å²) in [6, 6.07) is 5.21. The van der Waals surface area contributed by atoms with Crippen LogP contribution in [0.15, 0.2) is 24.3 Å². The number of nitrogens with two attached hydrogens (primary N) is 1. The predicted molar refractivity (Wildman–Crippen MR) is 50.1 cm³/mol. The molecule has 0 bridgehead atoms. The smallest absolute Gasteiger partial charge is 0.379 e. The normalized spacial score (nSPS) is 16.1. The van der Waals surface area contributed by atoms with Crippen LogP contribution in [0.3, 0.4) is 0 Å². The van der Waals surface area contributed by atoms with Gasteiger partial charge in [-0.25, -0.2) is 0 Å². The van der Waals surface area contributed by atoms with E-state index in [0.717, 1.165) is 0 Å². The molecule has 0 heterocycles. The molecule has 1 aromatic rings. The first-order valence-electron chi connectivity index (χ1n) is 4.42. The van der Waals surface area contributed by atoms with Gasteiger partial charge in [-0.2, -0.15) is 13.2 Å². The van der Waals surface area contributed by atoms with Gasteiger partial charge in [0.05, 0.1) is 0 Å². The zero-order valence-corrected chi connectivity index (χ0v) is 8.12. The van der Waals surface area contributed by atoms with Crippen LogP contribution in [0, 0.1) is 0 Å². The first-order chi connectivity index (χ1) is 6.82. The summed E-state index contributed by atoms with van der Waals surface area (Å²) < 4.78 is 36.6. The molecular weight excluding hydrogens is 207 g/mol. The van der Waals surface area contributed by atoms with Crippen LogP contribution in [-0.4, -0.2) is 11.3 Å². The Hall–Kier alpha value is -1.07. The minimum atomic E-state index is -4.64. The Labute approximate surface area is 85.5 Å². The van der Waals surface area contributed by atoms with E-state index in [2.05, 4.69) is 0 Å². The number of halogens is 3. The molecule has 0 aromatic heterocycles. The number of benzene rings is 1. The minimum Gasteiger partial charge on any atom is -0.379 e. The van der Waals surface area contributed by atoms with Crippen molar-refractivity contribution in [2.75, 3.05) is 0 Å². The van der Waals surface area contributed by atoms with E-state index in [9.17, 15) is 13.2 Å². The molecule has 0 saturated heterocycles. The standard InChI is InChI=1S/C10H12F3NO/c1-6(14)7-3-2-4-8(5-7)9(15)10(11,12)13/h2-6,9,15H,14H2,1H3. The van der Waals surface area contributed by atoms with E-state index in [1.54, 1.807) is 13.0 Å². The third-order valence-electron chi connectivity index (χ3n) is 2.06. The van der Waals surface area contributed by atoms with Crippen molar-refractivity contribution in [3.05, 3.63) is 35.4 Å². The van der Waals surface area contributed by atoms with Gasteiger partial charge in [0.1, 0.15) is 0 Å². The van der Waals surface area contributed by atoms with Gasteiger partial charge < -0.3 is 10.8 Å². The van der Waals surface area contributed by atoms with Gasteiger partial charge in [-0.05, 0) is 18.1 Å². The molecule has 0 aliphatic carbocycles. The highest BCUT2D eigenvalue weighted by Gasteiger charge is 2.39. The molecule has 2 atom stereocenters. The average molecular weight is 219 g/mol. The Morgan fingerprint density at radius 2 is 1.80 bits per heavy atom. The molecule has 2 unspecified atom stereocenters. The maximum atomic E-state index is 12.2. The molecule has 15 heavy (non-hydrogen) atoms. The molecule has 0 aliphatic rings. The van der Waals surface area contributed by atoms with Gasteiger partial charge >= 0.3 is 6.18 Å². The van der Waals surface area contributed by atoms with Crippen LogP contribution in [0.25, 0.3) is 0 Å². The van der Waals surface area contributed by atoms with Crippen LogP contribution in [0.5, 0.6) is 0 Å². The summed E-state index contributed by atoms with van der Waals surface area (Å²) in [5.41, 5.74) is 5.91. The second-order valence-electron chi connectivity index (χ2n) is 3.40. The number of aliphatic hydroxyl groups excluding tert-OH is 1. The third-order valence-corrected chi connectivity index (χ3v) is 2.06. The molecule has 0 fully saturated rings. The predicted octanol–water partition coefficient (Wildman–Crippen LogP) is 2.30. The summed E-state index contributed by atoms with van der Waals surface area (Å²) in [7, 11) is 0. The molecule has 0 spiro atoms. The van der Waals surface area contributed by atoms with Gasteiger partial charge in [-0.3, -0.25) is 0 Å². The topological polar surface area (TPSA) is 46.2 Å². The molecule has 3 N–H and O–H groups in total. The number of hydrogen-bond acceptors (Lipinski definition) is 2. The Morgan fingerprint density at radius 3 is 2.27 bits per heavy atom. The van der Waals surface area contributed by atoms with Crippen LogP contribution in [0.4, 0.5) is 13.2 Å². The largest absolute Gasteiger partial charge is 0.418 e. The van der Waals surface area contributed by atoms with Crippen molar-refractivity contribution in [3.8, 4) is 0 Å². The lowest BCUT2D eigenvalue weighted by Crippen LogP contribution is -2.20. The average Bonchev–Trinajstić information content (AvgIpc) is 2.15. The van der Waals surface area contributed by atoms with Crippen LogP contribution in [0.2, 0.25) is 0 Å². The lowest BCUT2D eigenvalue weighted by Gasteiger charge is -2.16. The second kappa shape index (κ2) is 4.20. The van der Waals surface area contributed by atoms with E-state index in [4.69, 9.17) is 10.8 Å². The number of aliphatic hydroxyl groups is 1. The number of hydrogen-bond donors (Lipinski definition) is 2. The van der Waals surface area contributed by atoms with Gasteiger partial charge in [0.2, 0.25) is 0 Å². The highest BCUT2D eigenvalue weighted by molar-refractivity contribution is 5.27. The molecule has 0 aliphatic heterocycles. The van der Waals surface area contributed by atoms with Gasteiger partial charge in [-0.15, -0.1) is 0 Å². The molecule has 0 amide bonds. The zero-order chi connectivity index (χ0) is 11.6. The van der Waals surface area contributed by atoms with Crippen molar-refractivity contribution in [2.45, 2.75) is 25.2 Å². The Balaban J connectivity index is 3.00. The van der Waals surface area contributed by atoms with Crippen LogP contribution in [0.1, 0.15) is 30.2 Å². The summed E-state index contributed by atoms with van der Waals surface area (Å²) in [5.74, 6) is 0. The van der Waals surface area contributed by atoms with Crippen LogP contribution < -0.4 is 5.73 Å². The first kappa shape index (κ1) is 12.0. The SMILES string of the molecule is CC(N)c1cccc(C(O)C(F)(F)F)c1. The maximum absolute atomic E-state index is 12.2. The highest BCUT2D eigenvalue weighted by atomic mass is 19.4. The van der Waals surface area contributed by atoms with Gasteiger partial charge in [0.15, 0.2) is 6.10 Å². The molecule has 0 saturated carbocycles. The molecule has 5 heteroatoms. The fourth-order valence-electron chi connectivity index (χ4n) is 1.20. The molecule has 1 aromatic carbocycles. The summed E-state index contributed by atoms with van der Waals surface area (Å²) >= 11 is 0. The Morgan fingerprint density at radius 1 is 1.27 bits per heavy atom. The molecule has 84 valence electrons. The minimum absolute atomic E-state index is 0.183. The number of rotatable bonds is 2. The highest BCUT2D eigenvalue weighted by Crippen LogP contribution is 2.32.